The van der Waals surface area contributed by atoms with Gasteiger partial charge in [-0.2, -0.15) is 0 Å². The zero-order chi connectivity index (χ0) is 13.5. The van der Waals surface area contributed by atoms with Crippen LogP contribution in [0.4, 0.5) is 0 Å². The van der Waals surface area contributed by atoms with Crippen LogP contribution in [0.5, 0.6) is 0 Å². The second kappa shape index (κ2) is 7.62. The Morgan fingerprint density at radius 2 is 1.82 bits per heavy atom. The van der Waals surface area contributed by atoms with Crippen molar-refractivity contribution in [3.8, 4) is 0 Å². The number of carbonyl (C=O) groups is 1. The first-order valence-electron chi connectivity index (χ1n) is 5.79. The highest BCUT2D eigenvalue weighted by Gasteiger charge is 2.19. The molecule has 0 fully saturated rings. The number of rotatable bonds is 8. The van der Waals surface area contributed by atoms with Gasteiger partial charge in [-0.25, -0.2) is 13.1 Å². The molecule has 1 amide bonds. The van der Waals surface area contributed by atoms with Gasteiger partial charge in [-0.05, 0) is 40.2 Å². The third-order valence-electron chi connectivity index (χ3n) is 2.05. The zero-order valence-electron chi connectivity index (χ0n) is 10.7. The van der Waals surface area contributed by atoms with Crippen LogP contribution in [0.25, 0.3) is 0 Å². The molecule has 0 spiro atoms. The average molecular weight is 265 g/mol. The summed E-state index contributed by atoms with van der Waals surface area (Å²) in [6.07, 6.45) is 1.16. The van der Waals surface area contributed by atoms with E-state index in [2.05, 4.69) is 10.0 Å². The molecule has 0 saturated carbocycles. The van der Waals surface area contributed by atoms with E-state index in [9.17, 15) is 13.2 Å². The molecule has 1 unspecified atom stereocenters. The molecule has 0 aliphatic rings. The fourth-order valence-electron chi connectivity index (χ4n) is 1.23. The summed E-state index contributed by atoms with van der Waals surface area (Å²) in [7, 11) is -3.40. The number of nitrogens with two attached hydrogens (primary N) is 1. The van der Waals surface area contributed by atoms with Crippen LogP contribution in [0.2, 0.25) is 0 Å². The minimum absolute atomic E-state index is 0.00347. The van der Waals surface area contributed by atoms with Crippen molar-refractivity contribution < 1.29 is 13.2 Å². The summed E-state index contributed by atoms with van der Waals surface area (Å²) < 4.78 is 25.5. The molecule has 0 aromatic rings. The van der Waals surface area contributed by atoms with Crippen molar-refractivity contribution in [2.45, 2.75) is 45.7 Å². The molecule has 1 atom stereocenters. The summed E-state index contributed by atoms with van der Waals surface area (Å²) in [6, 6.07) is -0.757. The van der Waals surface area contributed by atoms with Crippen LogP contribution in [0.15, 0.2) is 0 Å². The van der Waals surface area contributed by atoms with E-state index in [0.717, 1.165) is 0 Å². The van der Waals surface area contributed by atoms with Crippen molar-refractivity contribution in [1.29, 1.82) is 0 Å². The van der Waals surface area contributed by atoms with Crippen LogP contribution >= 0.6 is 0 Å². The molecule has 7 heteroatoms. The van der Waals surface area contributed by atoms with Crippen LogP contribution in [-0.2, 0) is 14.8 Å². The Bertz CT molecular complexity index is 328. The lowest BCUT2D eigenvalue weighted by Crippen LogP contribution is -2.47. The molecular weight excluding hydrogens is 242 g/mol. The third-order valence-corrected chi connectivity index (χ3v) is 3.59. The lowest BCUT2D eigenvalue weighted by Gasteiger charge is -2.16. The summed E-state index contributed by atoms with van der Waals surface area (Å²) in [5, 5.41) is 2.65. The molecule has 0 aliphatic heterocycles. The molecule has 0 heterocycles. The highest BCUT2D eigenvalue weighted by Crippen LogP contribution is 1.96. The van der Waals surface area contributed by atoms with Crippen molar-refractivity contribution in [3.05, 3.63) is 0 Å². The first kappa shape index (κ1) is 16.3. The largest absolute Gasteiger partial charge is 0.353 e. The smallest absolute Gasteiger partial charge is 0.238 e. The van der Waals surface area contributed by atoms with Crippen LogP contribution < -0.4 is 15.8 Å². The Hall–Kier alpha value is -0.660. The van der Waals surface area contributed by atoms with Gasteiger partial charge < -0.3 is 11.1 Å². The van der Waals surface area contributed by atoms with Crippen molar-refractivity contribution in [3.63, 3.8) is 0 Å². The number of hydrogen-bond acceptors (Lipinski definition) is 4. The predicted octanol–water partition coefficient (Wildman–Crippen LogP) is -0.442. The van der Waals surface area contributed by atoms with Crippen molar-refractivity contribution >= 4 is 15.9 Å². The van der Waals surface area contributed by atoms with Gasteiger partial charge in [0.15, 0.2) is 0 Å². The van der Waals surface area contributed by atoms with E-state index in [0.29, 0.717) is 19.4 Å². The molecule has 0 bridgehead atoms. The Morgan fingerprint density at radius 3 is 2.29 bits per heavy atom. The van der Waals surface area contributed by atoms with Gasteiger partial charge in [0.1, 0.15) is 0 Å². The fraction of sp³-hybridized carbons (Fsp3) is 0.900. The van der Waals surface area contributed by atoms with Crippen LogP contribution in [0, 0.1) is 0 Å². The maximum absolute atomic E-state index is 11.6. The van der Waals surface area contributed by atoms with Gasteiger partial charge in [-0.1, -0.05) is 0 Å². The van der Waals surface area contributed by atoms with E-state index in [1.54, 1.807) is 0 Å². The number of nitrogens with one attached hydrogen (secondary N) is 2. The molecule has 0 saturated heterocycles. The van der Waals surface area contributed by atoms with Gasteiger partial charge in [0.2, 0.25) is 15.9 Å². The number of amides is 1. The average Bonchev–Trinajstić information content (AvgIpc) is 2.15. The SMILES string of the molecule is CC(C)NC(=O)C(C)NS(=O)(=O)CCCCN. The minimum atomic E-state index is -3.40. The molecule has 4 N–H and O–H groups in total. The topological polar surface area (TPSA) is 101 Å². The minimum Gasteiger partial charge on any atom is -0.353 e. The summed E-state index contributed by atoms with van der Waals surface area (Å²) >= 11 is 0. The van der Waals surface area contributed by atoms with E-state index in [1.807, 2.05) is 13.8 Å². The maximum atomic E-state index is 11.6. The van der Waals surface area contributed by atoms with E-state index in [1.165, 1.54) is 6.92 Å². The van der Waals surface area contributed by atoms with Crippen LogP contribution in [0.1, 0.15) is 33.6 Å². The molecule has 6 nitrogen and oxygen atoms in total. The monoisotopic (exact) mass is 265 g/mol. The molecule has 0 rings (SSSR count). The van der Waals surface area contributed by atoms with E-state index < -0.39 is 16.1 Å². The first-order valence-corrected chi connectivity index (χ1v) is 7.44. The number of unbranched alkanes of at least 4 members (excludes halogenated alkanes) is 1. The lowest BCUT2D eigenvalue weighted by molar-refractivity contribution is -0.122. The van der Waals surface area contributed by atoms with Crippen LogP contribution in [-0.4, -0.2) is 38.7 Å². The molecule has 17 heavy (non-hydrogen) atoms. The zero-order valence-corrected chi connectivity index (χ0v) is 11.5. The van der Waals surface area contributed by atoms with Crippen LogP contribution in [0.3, 0.4) is 0 Å². The van der Waals surface area contributed by atoms with E-state index in [4.69, 9.17) is 5.73 Å². The summed E-state index contributed by atoms with van der Waals surface area (Å²) in [6.45, 7) is 5.64. The first-order chi connectivity index (χ1) is 7.78. The highest BCUT2D eigenvalue weighted by atomic mass is 32.2. The predicted molar refractivity (Wildman–Crippen MR) is 68.0 cm³/mol. The lowest BCUT2D eigenvalue weighted by atomic mass is 10.3. The number of hydrogen-bond donors (Lipinski definition) is 3. The van der Waals surface area contributed by atoms with E-state index >= 15 is 0 Å². The standard InChI is InChI=1S/C10H23N3O3S/c1-8(2)12-10(14)9(3)13-17(15,16)7-5-4-6-11/h8-9,13H,4-7,11H2,1-3H3,(H,12,14). The maximum Gasteiger partial charge on any atom is 0.238 e. The second-order valence-electron chi connectivity index (χ2n) is 4.32. The Labute approximate surface area is 103 Å². The van der Waals surface area contributed by atoms with Gasteiger partial charge in [-0.3, -0.25) is 4.79 Å². The third kappa shape index (κ3) is 8.12. The molecule has 0 aliphatic carbocycles. The van der Waals surface area contributed by atoms with Gasteiger partial charge in [0.05, 0.1) is 11.8 Å². The van der Waals surface area contributed by atoms with E-state index in [-0.39, 0.29) is 17.7 Å². The quantitative estimate of drug-likeness (QED) is 0.518. The van der Waals surface area contributed by atoms with Gasteiger partial charge in [0, 0.05) is 6.04 Å². The Kier molecular flexibility index (Phi) is 7.33. The van der Waals surface area contributed by atoms with Crippen molar-refractivity contribution in [2.75, 3.05) is 12.3 Å². The van der Waals surface area contributed by atoms with Crippen molar-refractivity contribution in [1.82, 2.24) is 10.0 Å². The molecule has 102 valence electrons. The molecule has 0 aromatic heterocycles. The highest BCUT2D eigenvalue weighted by molar-refractivity contribution is 7.89. The summed E-state index contributed by atoms with van der Waals surface area (Å²) in [5.74, 6) is -0.314. The van der Waals surface area contributed by atoms with Gasteiger partial charge in [-0.15, -0.1) is 0 Å². The molecule has 0 aromatic carbocycles. The number of carbonyl (C=O) groups excluding carboxylic acids is 1. The fourth-order valence-corrected chi connectivity index (χ4v) is 2.58. The summed E-state index contributed by atoms with van der Waals surface area (Å²) in [4.78, 5) is 11.5. The summed E-state index contributed by atoms with van der Waals surface area (Å²) in [5.41, 5.74) is 5.28. The van der Waals surface area contributed by atoms with Gasteiger partial charge in [0.25, 0.3) is 0 Å². The molecule has 0 radical (unpaired) electrons. The normalized spacial score (nSPS) is 13.7. The molecular formula is C10H23N3O3S. The Morgan fingerprint density at radius 1 is 1.24 bits per heavy atom. The van der Waals surface area contributed by atoms with Gasteiger partial charge >= 0.3 is 0 Å². The van der Waals surface area contributed by atoms with Crippen molar-refractivity contribution in [2.24, 2.45) is 5.73 Å². The second-order valence-corrected chi connectivity index (χ2v) is 6.19. The Balaban J connectivity index is 4.17. The number of sulfonamides is 1.